The number of rotatable bonds is 8. The lowest BCUT2D eigenvalue weighted by molar-refractivity contribution is -0.131. The lowest BCUT2D eigenvalue weighted by Crippen LogP contribution is -2.28. The summed E-state index contributed by atoms with van der Waals surface area (Å²) in [7, 11) is 0. The summed E-state index contributed by atoms with van der Waals surface area (Å²) in [6.45, 7) is -0.595. The van der Waals surface area contributed by atoms with Gasteiger partial charge in [0.25, 0.3) is 0 Å². The van der Waals surface area contributed by atoms with E-state index in [1.54, 1.807) is 0 Å². The number of anilines is 1. The van der Waals surface area contributed by atoms with E-state index in [-0.39, 0.29) is 13.1 Å². The van der Waals surface area contributed by atoms with Crippen LogP contribution in [0.1, 0.15) is 10.4 Å². The number of carboxylic acid groups (broad SMARTS) is 2. The predicted molar refractivity (Wildman–Crippen MR) is 80.4 cm³/mol. The summed E-state index contributed by atoms with van der Waals surface area (Å²) in [5.74, 6) is -9.68. The molecular formula is C13H10F3N5O5. The quantitative estimate of drug-likeness (QED) is 0.136. The summed E-state index contributed by atoms with van der Waals surface area (Å²) in [6.07, 6.45) is 1.26. The first-order valence-corrected chi connectivity index (χ1v) is 6.62. The van der Waals surface area contributed by atoms with Crippen molar-refractivity contribution in [2.45, 2.75) is 0 Å². The van der Waals surface area contributed by atoms with Crippen molar-refractivity contribution in [2.75, 3.05) is 18.4 Å². The van der Waals surface area contributed by atoms with E-state index in [2.05, 4.69) is 20.7 Å². The SMILES string of the molecule is [N-]=[N+]=Nc1c(F)c(F)c(C(=O)O)c(NCCNC(=O)/C=C\C(=O)O)c1F. The Balaban J connectivity index is 3.01. The second kappa shape index (κ2) is 8.94. The first kappa shape index (κ1) is 20.3. The van der Waals surface area contributed by atoms with Gasteiger partial charge in [0.2, 0.25) is 5.91 Å². The highest BCUT2D eigenvalue weighted by Crippen LogP contribution is 2.34. The van der Waals surface area contributed by atoms with Crippen LogP contribution in [0.25, 0.3) is 10.4 Å². The van der Waals surface area contributed by atoms with E-state index in [9.17, 15) is 27.6 Å². The fourth-order valence-electron chi connectivity index (χ4n) is 1.73. The first-order chi connectivity index (χ1) is 12.2. The fourth-order valence-corrected chi connectivity index (χ4v) is 1.73. The summed E-state index contributed by atoms with van der Waals surface area (Å²) in [5, 5.41) is 24.2. The Morgan fingerprint density at radius 1 is 1.08 bits per heavy atom. The summed E-state index contributed by atoms with van der Waals surface area (Å²) >= 11 is 0. The Morgan fingerprint density at radius 2 is 1.73 bits per heavy atom. The van der Waals surface area contributed by atoms with Crippen molar-refractivity contribution in [1.82, 2.24) is 5.32 Å². The number of carbonyl (C=O) groups is 3. The van der Waals surface area contributed by atoms with E-state index in [0.717, 1.165) is 0 Å². The van der Waals surface area contributed by atoms with E-state index < -0.39 is 52.2 Å². The third-order valence-electron chi connectivity index (χ3n) is 2.76. The Labute approximate surface area is 142 Å². The van der Waals surface area contributed by atoms with Gasteiger partial charge in [0.1, 0.15) is 11.3 Å². The number of carbonyl (C=O) groups excluding carboxylic acids is 1. The molecule has 1 rings (SSSR count). The van der Waals surface area contributed by atoms with Crippen LogP contribution in [0.2, 0.25) is 0 Å². The third kappa shape index (κ3) is 4.88. The zero-order valence-electron chi connectivity index (χ0n) is 12.7. The van der Waals surface area contributed by atoms with E-state index in [0.29, 0.717) is 12.2 Å². The molecule has 1 amide bonds. The van der Waals surface area contributed by atoms with Crippen LogP contribution in [-0.2, 0) is 9.59 Å². The number of aliphatic carboxylic acids is 1. The van der Waals surface area contributed by atoms with E-state index in [1.165, 1.54) is 0 Å². The maximum absolute atomic E-state index is 14.2. The van der Waals surface area contributed by atoms with Gasteiger partial charge in [-0.2, -0.15) is 0 Å². The lowest BCUT2D eigenvalue weighted by Gasteiger charge is -2.14. The van der Waals surface area contributed by atoms with E-state index >= 15 is 0 Å². The minimum atomic E-state index is -1.98. The second-order valence-electron chi connectivity index (χ2n) is 4.42. The van der Waals surface area contributed by atoms with Crippen LogP contribution < -0.4 is 10.6 Å². The number of benzene rings is 1. The van der Waals surface area contributed by atoms with Gasteiger partial charge in [0.05, 0.1) is 5.69 Å². The molecule has 0 heterocycles. The zero-order valence-corrected chi connectivity index (χ0v) is 12.7. The number of nitrogens with zero attached hydrogens (tertiary/aromatic N) is 3. The number of hydrogen-bond acceptors (Lipinski definition) is 5. The van der Waals surface area contributed by atoms with E-state index in [1.807, 2.05) is 0 Å². The summed E-state index contributed by atoms with van der Waals surface area (Å²) in [5.41, 5.74) is 4.58. The summed E-state index contributed by atoms with van der Waals surface area (Å²) < 4.78 is 41.6. The molecule has 4 N–H and O–H groups in total. The Morgan fingerprint density at radius 3 is 2.27 bits per heavy atom. The largest absolute Gasteiger partial charge is 0.478 e. The predicted octanol–water partition coefficient (Wildman–Crippen LogP) is 1.91. The standard InChI is InChI=1S/C13H10F3N5O5/c14-8-7(13(25)26)11(10(16)12(9(8)15)20-21-17)19-4-3-18-5(22)1-2-6(23)24/h1-2,19H,3-4H2,(H,18,22)(H,23,24)(H,25,26)/b2-1-. The molecule has 0 saturated heterocycles. The van der Waals surface area contributed by atoms with Gasteiger partial charge in [-0.25, -0.2) is 22.8 Å². The molecule has 0 aromatic heterocycles. The topological polar surface area (TPSA) is 164 Å². The smallest absolute Gasteiger partial charge is 0.341 e. The average molecular weight is 373 g/mol. The minimum absolute atomic E-state index is 0.253. The molecule has 138 valence electrons. The molecule has 1 aromatic rings. The van der Waals surface area contributed by atoms with Crippen molar-refractivity contribution in [3.8, 4) is 0 Å². The molecule has 0 unspecified atom stereocenters. The van der Waals surface area contributed by atoms with Crippen LogP contribution in [0.3, 0.4) is 0 Å². The maximum atomic E-state index is 14.2. The molecule has 1 aromatic carbocycles. The normalized spacial score (nSPS) is 10.3. The Bertz CT molecular complexity index is 836. The number of nitrogens with one attached hydrogen (secondary N) is 2. The van der Waals surface area contributed by atoms with Crippen molar-refractivity contribution in [1.29, 1.82) is 0 Å². The Kier molecular flexibility index (Phi) is 6.98. The highest BCUT2D eigenvalue weighted by Gasteiger charge is 2.28. The van der Waals surface area contributed by atoms with Gasteiger partial charge in [0.15, 0.2) is 17.5 Å². The molecule has 0 fully saturated rings. The number of carboxylic acids is 2. The molecule has 13 heteroatoms. The van der Waals surface area contributed by atoms with Gasteiger partial charge in [0, 0.05) is 30.2 Å². The van der Waals surface area contributed by atoms with Gasteiger partial charge < -0.3 is 20.8 Å². The van der Waals surface area contributed by atoms with Crippen LogP contribution in [-0.4, -0.2) is 41.1 Å². The van der Waals surface area contributed by atoms with E-state index in [4.69, 9.17) is 15.7 Å². The molecule has 0 aliphatic heterocycles. The van der Waals surface area contributed by atoms with Gasteiger partial charge in [-0.05, 0) is 5.53 Å². The van der Waals surface area contributed by atoms with Crippen LogP contribution in [0, 0.1) is 17.5 Å². The number of amides is 1. The van der Waals surface area contributed by atoms with Gasteiger partial charge in [-0.3, -0.25) is 4.79 Å². The summed E-state index contributed by atoms with van der Waals surface area (Å²) in [4.78, 5) is 34.6. The highest BCUT2D eigenvalue weighted by molar-refractivity contribution is 5.96. The number of hydrogen-bond donors (Lipinski definition) is 4. The molecule has 0 aliphatic rings. The van der Waals surface area contributed by atoms with Crippen LogP contribution >= 0.6 is 0 Å². The minimum Gasteiger partial charge on any atom is -0.478 e. The van der Waals surface area contributed by atoms with Crippen molar-refractivity contribution in [3.05, 3.63) is 45.6 Å². The molecule has 0 spiro atoms. The van der Waals surface area contributed by atoms with Gasteiger partial charge >= 0.3 is 11.9 Å². The molecule has 26 heavy (non-hydrogen) atoms. The molecule has 0 aliphatic carbocycles. The molecular weight excluding hydrogens is 363 g/mol. The third-order valence-corrected chi connectivity index (χ3v) is 2.76. The molecule has 0 bridgehead atoms. The van der Waals surface area contributed by atoms with Crippen molar-refractivity contribution >= 4 is 29.2 Å². The Hall–Kier alpha value is -3.73. The van der Waals surface area contributed by atoms with Gasteiger partial charge in [-0.15, -0.1) is 0 Å². The van der Waals surface area contributed by atoms with Crippen LogP contribution in [0.15, 0.2) is 17.3 Å². The lowest BCUT2D eigenvalue weighted by atomic mass is 10.1. The number of halogens is 3. The van der Waals surface area contributed by atoms with Crippen molar-refractivity contribution in [3.63, 3.8) is 0 Å². The fraction of sp³-hybridized carbons (Fsp3) is 0.154. The molecule has 0 atom stereocenters. The molecule has 0 saturated carbocycles. The average Bonchev–Trinajstić information content (AvgIpc) is 2.57. The highest BCUT2D eigenvalue weighted by atomic mass is 19.2. The summed E-state index contributed by atoms with van der Waals surface area (Å²) in [6, 6.07) is 0. The van der Waals surface area contributed by atoms with Crippen molar-refractivity contribution < 1.29 is 37.8 Å². The zero-order chi connectivity index (χ0) is 19.9. The molecule has 10 nitrogen and oxygen atoms in total. The maximum Gasteiger partial charge on any atom is 0.341 e. The van der Waals surface area contributed by atoms with Crippen LogP contribution in [0.5, 0.6) is 0 Å². The van der Waals surface area contributed by atoms with Gasteiger partial charge in [-0.1, -0.05) is 5.11 Å². The monoisotopic (exact) mass is 373 g/mol. The van der Waals surface area contributed by atoms with Crippen molar-refractivity contribution in [2.24, 2.45) is 5.11 Å². The van der Waals surface area contributed by atoms with Crippen LogP contribution in [0.4, 0.5) is 24.5 Å². The molecule has 0 radical (unpaired) electrons. The first-order valence-electron chi connectivity index (χ1n) is 6.62. The number of aromatic carboxylic acids is 1. The second-order valence-corrected chi connectivity index (χ2v) is 4.42. The number of azide groups is 1.